The minimum atomic E-state index is -0.875. The van der Waals surface area contributed by atoms with Crippen molar-refractivity contribution in [2.75, 3.05) is 0 Å². The Balaban J connectivity index is 1.74. The van der Waals surface area contributed by atoms with Gasteiger partial charge in [0, 0.05) is 9.92 Å². The molecular weight excluding hydrogens is 356 g/mol. The van der Waals surface area contributed by atoms with Crippen LogP contribution in [0.5, 0.6) is 11.5 Å². The van der Waals surface area contributed by atoms with E-state index in [0.717, 1.165) is 4.90 Å². The lowest BCUT2D eigenvalue weighted by Crippen LogP contribution is -2.07. The summed E-state index contributed by atoms with van der Waals surface area (Å²) >= 11 is 7.16. The topological polar surface area (TPSA) is 46.5 Å². The molecule has 0 radical (unpaired) electrons. The van der Waals surface area contributed by atoms with Gasteiger partial charge in [-0.3, -0.25) is 4.79 Å². The summed E-state index contributed by atoms with van der Waals surface area (Å²) in [6, 6.07) is 23.7. The average Bonchev–Trinajstić information content (AvgIpc) is 2.63. The van der Waals surface area contributed by atoms with Gasteiger partial charge in [-0.05, 0) is 54.1 Å². The van der Waals surface area contributed by atoms with Crippen molar-refractivity contribution in [1.82, 2.24) is 0 Å². The molecule has 0 spiro atoms. The van der Waals surface area contributed by atoms with E-state index < -0.39 is 11.2 Å². The minimum absolute atomic E-state index is 0.639. The lowest BCUT2D eigenvalue weighted by Gasteiger charge is -2.13. The van der Waals surface area contributed by atoms with E-state index in [-0.39, 0.29) is 0 Å². The quantitative estimate of drug-likeness (QED) is 0.536. The Labute approximate surface area is 155 Å². The number of hydrogen-bond acceptors (Lipinski definition) is 3. The molecule has 0 amide bonds. The van der Waals surface area contributed by atoms with E-state index in [1.165, 1.54) is 11.8 Å². The molecule has 126 valence electrons. The monoisotopic (exact) mass is 370 g/mol. The fourth-order valence-corrected chi connectivity index (χ4v) is 3.35. The summed E-state index contributed by atoms with van der Waals surface area (Å²) in [4.78, 5) is 12.6. The number of carboxylic acid groups (broad SMARTS) is 1. The molecule has 0 fully saturated rings. The number of thioether (sulfide) groups is 1. The fourth-order valence-electron chi connectivity index (χ4n) is 2.25. The second-order valence-electron chi connectivity index (χ2n) is 5.27. The highest BCUT2D eigenvalue weighted by Crippen LogP contribution is 2.36. The third kappa shape index (κ3) is 4.78. The van der Waals surface area contributed by atoms with Crippen LogP contribution in [0.4, 0.5) is 0 Å². The summed E-state index contributed by atoms with van der Waals surface area (Å²) in [6.45, 7) is 0. The smallest absolute Gasteiger partial charge is 0.321 e. The molecule has 1 unspecified atom stereocenters. The third-order valence-electron chi connectivity index (χ3n) is 3.45. The summed E-state index contributed by atoms with van der Waals surface area (Å²) in [5.41, 5.74) is 0.713. The second-order valence-corrected chi connectivity index (χ2v) is 6.89. The summed E-state index contributed by atoms with van der Waals surface area (Å²) in [6.07, 6.45) is 0. The molecule has 3 rings (SSSR count). The van der Waals surface area contributed by atoms with Crippen LogP contribution in [-0.2, 0) is 4.79 Å². The van der Waals surface area contributed by atoms with E-state index in [2.05, 4.69) is 0 Å². The number of carboxylic acids is 1. The lowest BCUT2D eigenvalue weighted by atomic mass is 10.1. The normalized spacial score (nSPS) is 11.7. The molecular formula is C20H15ClO3S. The van der Waals surface area contributed by atoms with Gasteiger partial charge < -0.3 is 9.84 Å². The molecule has 25 heavy (non-hydrogen) atoms. The van der Waals surface area contributed by atoms with Crippen molar-refractivity contribution in [3.8, 4) is 11.5 Å². The van der Waals surface area contributed by atoms with Crippen molar-refractivity contribution < 1.29 is 14.6 Å². The van der Waals surface area contributed by atoms with Crippen molar-refractivity contribution in [3.63, 3.8) is 0 Å². The van der Waals surface area contributed by atoms with Crippen LogP contribution in [0.15, 0.2) is 83.8 Å². The van der Waals surface area contributed by atoms with Crippen molar-refractivity contribution in [3.05, 3.63) is 89.4 Å². The van der Waals surface area contributed by atoms with Gasteiger partial charge in [-0.25, -0.2) is 0 Å². The van der Waals surface area contributed by atoms with Gasteiger partial charge in [-0.2, -0.15) is 0 Å². The maximum Gasteiger partial charge on any atom is 0.321 e. The number of halogens is 1. The zero-order valence-electron chi connectivity index (χ0n) is 13.1. The summed E-state index contributed by atoms with van der Waals surface area (Å²) in [7, 11) is 0. The highest BCUT2D eigenvalue weighted by molar-refractivity contribution is 8.00. The van der Waals surface area contributed by atoms with E-state index in [1.54, 1.807) is 48.5 Å². The molecule has 0 aliphatic rings. The standard InChI is InChI=1S/C20H15ClO3S/c21-15-8-12-17(13-9-15)24-16-10-6-14(7-11-16)19(20(22)23)25-18-4-2-1-3-5-18/h1-13,19H,(H,22,23). The van der Waals surface area contributed by atoms with Gasteiger partial charge in [0.1, 0.15) is 16.7 Å². The highest BCUT2D eigenvalue weighted by atomic mass is 35.5. The number of ether oxygens (including phenoxy) is 1. The molecule has 0 saturated heterocycles. The third-order valence-corrected chi connectivity index (χ3v) is 4.96. The summed E-state index contributed by atoms with van der Waals surface area (Å²) in [5.74, 6) is 0.436. The van der Waals surface area contributed by atoms with Crippen LogP contribution in [0.2, 0.25) is 5.02 Å². The van der Waals surface area contributed by atoms with Crippen LogP contribution in [0.1, 0.15) is 10.8 Å². The van der Waals surface area contributed by atoms with E-state index in [4.69, 9.17) is 16.3 Å². The predicted octanol–water partition coefficient (Wildman–Crippen LogP) is 6.05. The first-order valence-electron chi connectivity index (χ1n) is 7.60. The molecule has 1 N–H and O–H groups in total. The Bertz CT molecular complexity index is 833. The maximum atomic E-state index is 11.6. The highest BCUT2D eigenvalue weighted by Gasteiger charge is 2.21. The largest absolute Gasteiger partial charge is 0.480 e. The molecule has 3 aromatic carbocycles. The van der Waals surface area contributed by atoms with Crippen LogP contribution in [0.3, 0.4) is 0 Å². The average molecular weight is 371 g/mol. The Morgan fingerprint density at radius 3 is 2.00 bits per heavy atom. The van der Waals surface area contributed by atoms with Gasteiger partial charge in [0.15, 0.2) is 0 Å². The molecule has 0 aliphatic heterocycles. The summed E-state index contributed by atoms with van der Waals surface area (Å²) in [5, 5.41) is 9.52. The molecule has 3 aromatic rings. The van der Waals surface area contributed by atoms with E-state index in [1.807, 2.05) is 30.3 Å². The van der Waals surface area contributed by atoms with Crippen LogP contribution >= 0.6 is 23.4 Å². The zero-order chi connectivity index (χ0) is 17.6. The first-order chi connectivity index (χ1) is 12.1. The first-order valence-corrected chi connectivity index (χ1v) is 8.85. The Morgan fingerprint density at radius 1 is 0.880 bits per heavy atom. The van der Waals surface area contributed by atoms with Crippen molar-refractivity contribution in [2.24, 2.45) is 0 Å². The summed E-state index contributed by atoms with van der Waals surface area (Å²) < 4.78 is 5.73. The first kappa shape index (κ1) is 17.4. The van der Waals surface area contributed by atoms with Gasteiger partial charge >= 0.3 is 5.97 Å². The van der Waals surface area contributed by atoms with E-state index >= 15 is 0 Å². The molecule has 0 heterocycles. The van der Waals surface area contributed by atoms with Gasteiger partial charge in [0.2, 0.25) is 0 Å². The molecule has 3 nitrogen and oxygen atoms in total. The van der Waals surface area contributed by atoms with Gasteiger partial charge in [0.25, 0.3) is 0 Å². The Hall–Kier alpha value is -2.43. The van der Waals surface area contributed by atoms with Crippen LogP contribution in [0.25, 0.3) is 0 Å². The SMILES string of the molecule is O=C(O)C(Sc1ccccc1)c1ccc(Oc2ccc(Cl)cc2)cc1. The zero-order valence-corrected chi connectivity index (χ0v) is 14.7. The molecule has 0 aliphatic carbocycles. The number of carbonyl (C=O) groups is 1. The van der Waals surface area contributed by atoms with Crippen LogP contribution in [0, 0.1) is 0 Å². The second kappa shape index (κ2) is 8.10. The van der Waals surface area contributed by atoms with Crippen molar-refractivity contribution >= 4 is 29.3 Å². The molecule has 0 saturated carbocycles. The maximum absolute atomic E-state index is 11.6. The van der Waals surface area contributed by atoms with Gasteiger partial charge in [-0.15, -0.1) is 11.8 Å². The van der Waals surface area contributed by atoms with Gasteiger partial charge in [0.05, 0.1) is 0 Å². The molecule has 0 bridgehead atoms. The van der Waals surface area contributed by atoms with E-state index in [0.29, 0.717) is 22.1 Å². The number of aliphatic carboxylic acids is 1. The van der Waals surface area contributed by atoms with Crippen LogP contribution < -0.4 is 4.74 Å². The molecule has 1 atom stereocenters. The van der Waals surface area contributed by atoms with Crippen molar-refractivity contribution in [1.29, 1.82) is 0 Å². The Kier molecular flexibility index (Phi) is 5.64. The predicted molar refractivity (Wildman–Crippen MR) is 101 cm³/mol. The lowest BCUT2D eigenvalue weighted by molar-refractivity contribution is -0.136. The van der Waals surface area contributed by atoms with Gasteiger partial charge in [-0.1, -0.05) is 41.9 Å². The van der Waals surface area contributed by atoms with Crippen LogP contribution in [-0.4, -0.2) is 11.1 Å². The number of benzene rings is 3. The number of rotatable bonds is 6. The Morgan fingerprint density at radius 2 is 1.44 bits per heavy atom. The molecule has 5 heteroatoms. The molecule has 0 aromatic heterocycles. The van der Waals surface area contributed by atoms with E-state index in [9.17, 15) is 9.90 Å². The fraction of sp³-hybridized carbons (Fsp3) is 0.0500. The minimum Gasteiger partial charge on any atom is -0.480 e. The van der Waals surface area contributed by atoms with Crippen molar-refractivity contribution in [2.45, 2.75) is 10.1 Å². The number of hydrogen-bond donors (Lipinski definition) is 1.